The van der Waals surface area contributed by atoms with E-state index in [-0.39, 0.29) is 0 Å². The zero-order valence-corrected chi connectivity index (χ0v) is 31.1. The van der Waals surface area contributed by atoms with Crippen LogP contribution in [0, 0.1) is 0 Å². The van der Waals surface area contributed by atoms with E-state index in [1.165, 1.54) is 27.8 Å². The average molecular weight is 730 g/mol. The summed E-state index contributed by atoms with van der Waals surface area (Å²) < 4.78 is 6.44. The second kappa shape index (κ2) is 13.7. The summed E-state index contributed by atoms with van der Waals surface area (Å²) in [4.78, 5) is 15.1. The molecule has 0 spiro atoms. The molecule has 8 aromatic carbocycles. The molecule has 0 aliphatic heterocycles. The number of hydrogen-bond acceptors (Lipinski definition) is 4. The molecule has 0 radical (unpaired) electrons. The quantitative estimate of drug-likeness (QED) is 0.171. The molecule has 268 valence electrons. The summed E-state index contributed by atoms with van der Waals surface area (Å²) in [7, 11) is 0. The number of allylic oxidation sites excluding steroid dienone is 1. The highest BCUT2D eigenvalue weighted by molar-refractivity contribution is 6.13. The van der Waals surface area contributed by atoms with Crippen LogP contribution in [0.3, 0.4) is 0 Å². The Kier molecular flexibility index (Phi) is 7.92. The summed E-state index contributed by atoms with van der Waals surface area (Å²) in [5, 5.41) is 4.49. The third-order valence-electron chi connectivity index (χ3n) is 11.2. The molecule has 0 saturated carbocycles. The molecule has 10 aromatic rings. The minimum Gasteiger partial charge on any atom is -0.456 e. The van der Waals surface area contributed by atoms with E-state index in [4.69, 9.17) is 19.4 Å². The van der Waals surface area contributed by atoms with Gasteiger partial charge in [0.15, 0.2) is 17.5 Å². The molecule has 0 atom stereocenters. The summed E-state index contributed by atoms with van der Waals surface area (Å²) in [6, 6.07) is 61.8. The van der Waals surface area contributed by atoms with Crippen LogP contribution in [0.2, 0.25) is 0 Å². The van der Waals surface area contributed by atoms with Crippen LogP contribution < -0.4 is 0 Å². The van der Waals surface area contributed by atoms with Crippen molar-refractivity contribution in [2.75, 3.05) is 0 Å². The lowest BCUT2D eigenvalue weighted by Crippen LogP contribution is -2.00. The third-order valence-corrected chi connectivity index (χ3v) is 11.2. The molecule has 0 bridgehead atoms. The van der Waals surface area contributed by atoms with Crippen molar-refractivity contribution in [1.82, 2.24) is 15.0 Å². The van der Waals surface area contributed by atoms with Crippen LogP contribution in [0.5, 0.6) is 0 Å². The van der Waals surface area contributed by atoms with E-state index in [0.717, 1.165) is 78.9 Å². The van der Waals surface area contributed by atoms with Crippen molar-refractivity contribution in [2.45, 2.75) is 12.8 Å². The number of fused-ring (bicyclic) bond motifs is 5. The predicted molar refractivity (Wildman–Crippen MR) is 235 cm³/mol. The van der Waals surface area contributed by atoms with Crippen LogP contribution in [-0.4, -0.2) is 15.0 Å². The normalized spacial score (nSPS) is 12.4. The Morgan fingerprint density at radius 2 is 1.00 bits per heavy atom. The zero-order valence-electron chi connectivity index (χ0n) is 31.1. The number of rotatable bonds is 6. The predicted octanol–water partition coefficient (Wildman–Crippen LogP) is 13.9. The Labute approximate surface area is 330 Å². The van der Waals surface area contributed by atoms with Crippen molar-refractivity contribution < 1.29 is 4.42 Å². The van der Waals surface area contributed by atoms with Gasteiger partial charge in [-0.15, -0.1) is 0 Å². The SMILES string of the molecule is C1=Cc2cccc(-c3ccc(-c4nc(-c5ccccc5)nc(-c5ccc6cc(-c7cccc8oc9cc(-c%10ccccc%10)ccc9c78)ccc6c5)n4)cc3)c2CC1. The molecule has 1 aliphatic rings. The van der Waals surface area contributed by atoms with Crippen LogP contribution in [0.25, 0.3) is 106 Å². The summed E-state index contributed by atoms with van der Waals surface area (Å²) in [6.07, 6.45) is 6.63. The van der Waals surface area contributed by atoms with Crippen molar-refractivity contribution in [3.8, 4) is 67.5 Å². The van der Waals surface area contributed by atoms with Crippen molar-refractivity contribution in [1.29, 1.82) is 0 Å². The fraction of sp³-hybridized carbons (Fsp3) is 0.0377. The van der Waals surface area contributed by atoms with Gasteiger partial charge in [-0.3, -0.25) is 0 Å². The molecule has 0 amide bonds. The Balaban J connectivity index is 0.961. The maximum absolute atomic E-state index is 6.44. The molecule has 0 unspecified atom stereocenters. The number of hydrogen-bond donors (Lipinski definition) is 0. The van der Waals surface area contributed by atoms with Crippen LogP contribution in [-0.2, 0) is 6.42 Å². The number of aromatic nitrogens is 3. The first kappa shape index (κ1) is 33.0. The second-order valence-corrected chi connectivity index (χ2v) is 14.7. The standard InChI is InChI=1S/C53H35N3O/c1-3-11-34(12-4-1)41-29-30-47-49(33-41)57-48-20-10-19-46(50(47)48)42-27-25-40-32-43(28-26-39(40)31-42)53-55-51(37-14-5-2-6-15-37)54-52(56-53)38-23-21-36(22-24-38)45-18-9-16-35-13-7-8-17-44(35)45/h1-7,9-16,18-33H,8,17H2. The molecule has 2 heterocycles. The Hall–Kier alpha value is -7.43. The van der Waals surface area contributed by atoms with Gasteiger partial charge in [0.2, 0.25) is 0 Å². The van der Waals surface area contributed by atoms with Crippen molar-refractivity contribution in [2.24, 2.45) is 0 Å². The highest BCUT2D eigenvalue weighted by Crippen LogP contribution is 2.40. The molecule has 0 N–H and O–H groups in total. The van der Waals surface area contributed by atoms with Gasteiger partial charge in [-0.1, -0.05) is 158 Å². The lowest BCUT2D eigenvalue weighted by molar-refractivity contribution is 0.669. The molecule has 4 heteroatoms. The van der Waals surface area contributed by atoms with Gasteiger partial charge < -0.3 is 4.42 Å². The monoisotopic (exact) mass is 729 g/mol. The largest absolute Gasteiger partial charge is 0.456 e. The van der Waals surface area contributed by atoms with Gasteiger partial charge in [-0.2, -0.15) is 0 Å². The lowest BCUT2D eigenvalue weighted by atomic mass is 9.89. The first-order valence-corrected chi connectivity index (χ1v) is 19.5. The molecule has 0 saturated heterocycles. The molecule has 2 aromatic heterocycles. The third kappa shape index (κ3) is 5.99. The van der Waals surface area contributed by atoms with Crippen molar-refractivity contribution in [3.05, 3.63) is 193 Å². The molecule has 11 rings (SSSR count). The summed E-state index contributed by atoms with van der Waals surface area (Å²) in [5.41, 5.74) is 14.4. The topological polar surface area (TPSA) is 51.8 Å². The smallest absolute Gasteiger partial charge is 0.164 e. The van der Waals surface area contributed by atoms with Crippen molar-refractivity contribution >= 4 is 38.8 Å². The number of furan rings is 1. The lowest BCUT2D eigenvalue weighted by Gasteiger charge is -2.16. The molecule has 4 nitrogen and oxygen atoms in total. The van der Waals surface area contributed by atoms with E-state index in [2.05, 4.69) is 152 Å². The molecule has 0 fully saturated rings. The minimum absolute atomic E-state index is 0.641. The number of nitrogens with zero attached hydrogens (tertiary/aromatic N) is 3. The van der Waals surface area contributed by atoms with Crippen LogP contribution in [0.15, 0.2) is 186 Å². The van der Waals surface area contributed by atoms with Gasteiger partial charge in [-0.25, -0.2) is 15.0 Å². The highest BCUT2D eigenvalue weighted by Gasteiger charge is 2.17. The van der Waals surface area contributed by atoms with Gasteiger partial charge in [0.1, 0.15) is 11.2 Å². The van der Waals surface area contributed by atoms with Gasteiger partial charge in [0.05, 0.1) is 0 Å². The van der Waals surface area contributed by atoms with E-state index in [9.17, 15) is 0 Å². The average Bonchev–Trinajstić information content (AvgIpc) is 3.67. The van der Waals surface area contributed by atoms with E-state index < -0.39 is 0 Å². The van der Waals surface area contributed by atoms with Crippen molar-refractivity contribution in [3.63, 3.8) is 0 Å². The van der Waals surface area contributed by atoms with E-state index in [1.807, 2.05) is 36.4 Å². The van der Waals surface area contributed by atoms with Gasteiger partial charge in [0, 0.05) is 27.5 Å². The van der Waals surface area contributed by atoms with Crippen LogP contribution in [0.4, 0.5) is 0 Å². The van der Waals surface area contributed by atoms with Gasteiger partial charge >= 0.3 is 0 Å². The van der Waals surface area contributed by atoms with Gasteiger partial charge in [-0.05, 0) is 98.5 Å². The maximum atomic E-state index is 6.44. The fourth-order valence-corrected chi connectivity index (χ4v) is 8.33. The summed E-state index contributed by atoms with van der Waals surface area (Å²) in [5.74, 6) is 1.94. The van der Waals surface area contributed by atoms with E-state index >= 15 is 0 Å². The van der Waals surface area contributed by atoms with E-state index in [1.54, 1.807) is 0 Å². The molecule has 57 heavy (non-hydrogen) atoms. The van der Waals surface area contributed by atoms with Crippen LogP contribution >= 0.6 is 0 Å². The Morgan fingerprint density at radius 1 is 0.404 bits per heavy atom. The second-order valence-electron chi connectivity index (χ2n) is 14.7. The first-order chi connectivity index (χ1) is 28.2. The Bertz CT molecular complexity index is 3160. The maximum Gasteiger partial charge on any atom is 0.164 e. The molecule has 1 aliphatic carbocycles. The highest BCUT2D eigenvalue weighted by atomic mass is 16.3. The fourth-order valence-electron chi connectivity index (χ4n) is 8.33. The van der Waals surface area contributed by atoms with Crippen LogP contribution in [0.1, 0.15) is 17.5 Å². The molecular weight excluding hydrogens is 695 g/mol. The zero-order chi connectivity index (χ0) is 37.7. The Morgan fingerprint density at radius 3 is 1.77 bits per heavy atom. The first-order valence-electron chi connectivity index (χ1n) is 19.5. The summed E-state index contributed by atoms with van der Waals surface area (Å²) >= 11 is 0. The minimum atomic E-state index is 0.641. The van der Waals surface area contributed by atoms with Gasteiger partial charge in [0.25, 0.3) is 0 Å². The summed E-state index contributed by atoms with van der Waals surface area (Å²) in [6.45, 7) is 0. The number of benzene rings is 8. The molecular formula is C53H35N3O. The van der Waals surface area contributed by atoms with E-state index in [0.29, 0.717) is 17.5 Å².